The molecule has 0 saturated carbocycles. The molecule has 19 heavy (non-hydrogen) atoms. The Labute approximate surface area is 112 Å². The lowest BCUT2D eigenvalue weighted by Crippen LogP contribution is -2.22. The topological polar surface area (TPSA) is 54.1 Å². The number of aryl methyl sites for hydroxylation is 1. The van der Waals surface area contributed by atoms with Crippen molar-refractivity contribution in [2.45, 2.75) is 26.2 Å². The molecule has 0 atom stereocenters. The molecule has 4 heteroatoms. The monoisotopic (exact) mass is 258 g/mol. The minimum atomic E-state index is 0.0156. The van der Waals surface area contributed by atoms with E-state index in [-0.39, 0.29) is 5.91 Å². The molecule has 0 fully saturated rings. The summed E-state index contributed by atoms with van der Waals surface area (Å²) in [6.07, 6.45) is 2.98. The summed E-state index contributed by atoms with van der Waals surface area (Å²) in [6.45, 7) is 3.03. The lowest BCUT2D eigenvalue weighted by atomic mass is 10.0. The maximum absolute atomic E-state index is 10.9. The number of fused-ring (bicyclic) bond motifs is 3. The van der Waals surface area contributed by atoms with E-state index in [0.29, 0.717) is 6.54 Å². The molecular weight excluding hydrogens is 240 g/mol. The summed E-state index contributed by atoms with van der Waals surface area (Å²) in [5.41, 5.74) is 3.62. The van der Waals surface area contributed by atoms with Crippen molar-refractivity contribution in [3.8, 4) is 5.75 Å². The van der Waals surface area contributed by atoms with Gasteiger partial charge in [-0.25, -0.2) is 0 Å². The van der Waals surface area contributed by atoms with Gasteiger partial charge in [-0.15, -0.1) is 0 Å². The maximum atomic E-state index is 10.9. The largest absolute Gasteiger partial charge is 0.493 e. The number of aromatic nitrogens is 1. The van der Waals surface area contributed by atoms with Gasteiger partial charge in [-0.3, -0.25) is 4.79 Å². The van der Waals surface area contributed by atoms with E-state index < -0.39 is 0 Å². The predicted molar refractivity (Wildman–Crippen MR) is 74.5 cm³/mol. The number of aromatic amines is 1. The number of ether oxygens (including phenoxy) is 1. The van der Waals surface area contributed by atoms with Crippen molar-refractivity contribution in [1.82, 2.24) is 10.3 Å². The van der Waals surface area contributed by atoms with Gasteiger partial charge in [-0.2, -0.15) is 0 Å². The molecule has 0 aliphatic carbocycles. The molecule has 2 N–H and O–H groups in total. The highest BCUT2D eigenvalue weighted by atomic mass is 16.5. The first kappa shape index (κ1) is 12.1. The van der Waals surface area contributed by atoms with Crippen LogP contribution in [0.1, 0.15) is 24.6 Å². The second-order valence-corrected chi connectivity index (χ2v) is 4.98. The summed E-state index contributed by atoms with van der Waals surface area (Å²) < 4.78 is 5.68. The predicted octanol–water partition coefficient (Wildman–Crippen LogP) is 2.17. The van der Waals surface area contributed by atoms with Crippen LogP contribution in [-0.4, -0.2) is 24.0 Å². The van der Waals surface area contributed by atoms with Gasteiger partial charge in [0.15, 0.2) is 0 Å². The standard InChI is InChI=1S/C15H18N2O2/c1-10(18)16-7-6-11-9-13-12-3-2-8-19-15(12)5-4-14(13)17-11/h4-5,9,17H,2-3,6-8H2,1H3,(H,16,18). The van der Waals surface area contributed by atoms with Crippen LogP contribution in [0.4, 0.5) is 0 Å². The Balaban J connectivity index is 1.86. The van der Waals surface area contributed by atoms with Crippen LogP contribution < -0.4 is 10.1 Å². The van der Waals surface area contributed by atoms with Gasteiger partial charge < -0.3 is 15.0 Å². The summed E-state index contributed by atoms with van der Waals surface area (Å²) in [5, 5.41) is 4.08. The maximum Gasteiger partial charge on any atom is 0.216 e. The molecule has 0 spiro atoms. The number of benzene rings is 1. The van der Waals surface area contributed by atoms with Crippen molar-refractivity contribution < 1.29 is 9.53 Å². The van der Waals surface area contributed by atoms with Gasteiger partial charge in [0.1, 0.15) is 5.75 Å². The van der Waals surface area contributed by atoms with Crippen LogP contribution in [-0.2, 0) is 17.6 Å². The second kappa shape index (κ2) is 4.96. The van der Waals surface area contributed by atoms with Gasteiger partial charge >= 0.3 is 0 Å². The number of nitrogens with one attached hydrogen (secondary N) is 2. The molecule has 100 valence electrons. The summed E-state index contributed by atoms with van der Waals surface area (Å²) in [7, 11) is 0. The van der Waals surface area contributed by atoms with Gasteiger partial charge in [-0.05, 0) is 31.0 Å². The molecule has 0 unspecified atom stereocenters. The number of H-pyrrole nitrogens is 1. The fourth-order valence-corrected chi connectivity index (χ4v) is 2.63. The highest BCUT2D eigenvalue weighted by Crippen LogP contribution is 2.32. The lowest BCUT2D eigenvalue weighted by Gasteiger charge is -2.17. The molecule has 0 saturated heterocycles. The summed E-state index contributed by atoms with van der Waals surface area (Å²) >= 11 is 0. The van der Waals surface area contributed by atoms with Crippen LogP contribution in [0.25, 0.3) is 10.9 Å². The molecule has 2 aromatic rings. The Morgan fingerprint density at radius 1 is 1.47 bits per heavy atom. The number of rotatable bonds is 3. The molecule has 3 rings (SSSR count). The molecular formula is C15H18N2O2. The Hall–Kier alpha value is -1.97. The molecule has 1 aromatic carbocycles. The van der Waals surface area contributed by atoms with E-state index in [2.05, 4.69) is 22.4 Å². The van der Waals surface area contributed by atoms with Crippen molar-refractivity contribution in [2.75, 3.05) is 13.2 Å². The van der Waals surface area contributed by atoms with E-state index >= 15 is 0 Å². The highest BCUT2D eigenvalue weighted by molar-refractivity contribution is 5.86. The van der Waals surface area contributed by atoms with E-state index in [1.807, 2.05) is 6.07 Å². The molecule has 1 aliphatic heterocycles. The van der Waals surface area contributed by atoms with E-state index in [4.69, 9.17) is 4.74 Å². The Morgan fingerprint density at radius 3 is 3.21 bits per heavy atom. The third kappa shape index (κ3) is 2.43. The zero-order valence-corrected chi connectivity index (χ0v) is 11.1. The molecule has 0 bridgehead atoms. The van der Waals surface area contributed by atoms with Crippen LogP contribution in [0.2, 0.25) is 0 Å². The van der Waals surface area contributed by atoms with Crippen LogP contribution in [0.5, 0.6) is 5.75 Å². The Bertz CT molecular complexity index is 616. The fourth-order valence-electron chi connectivity index (χ4n) is 2.63. The first-order valence-electron chi connectivity index (χ1n) is 6.75. The van der Waals surface area contributed by atoms with Crippen LogP contribution in [0.3, 0.4) is 0 Å². The normalized spacial score (nSPS) is 13.9. The van der Waals surface area contributed by atoms with Gasteiger partial charge in [0.05, 0.1) is 6.61 Å². The van der Waals surface area contributed by atoms with Crippen molar-refractivity contribution in [3.63, 3.8) is 0 Å². The molecule has 2 heterocycles. The van der Waals surface area contributed by atoms with Crippen LogP contribution in [0.15, 0.2) is 18.2 Å². The van der Waals surface area contributed by atoms with E-state index in [0.717, 1.165) is 42.8 Å². The number of amides is 1. The molecule has 1 amide bonds. The van der Waals surface area contributed by atoms with Crippen LogP contribution in [0, 0.1) is 0 Å². The Morgan fingerprint density at radius 2 is 2.37 bits per heavy atom. The number of hydrogen-bond acceptors (Lipinski definition) is 2. The van der Waals surface area contributed by atoms with Crippen molar-refractivity contribution in [3.05, 3.63) is 29.5 Å². The minimum Gasteiger partial charge on any atom is -0.493 e. The van der Waals surface area contributed by atoms with E-state index in [1.165, 1.54) is 10.9 Å². The molecule has 4 nitrogen and oxygen atoms in total. The third-order valence-corrected chi connectivity index (χ3v) is 3.52. The molecule has 1 aliphatic rings. The average molecular weight is 258 g/mol. The second-order valence-electron chi connectivity index (χ2n) is 4.98. The van der Waals surface area contributed by atoms with E-state index in [1.54, 1.807) is 6.92 Å². The summed E-state index contributed by atoms with van der Waals surface area (Å²) in [4.78, 5) is 14.3. The smallest absolute Gasteiger partial charge is 0.216 e. The van der Waals surface area contributed by atoms with Crippen LogP contribution >= 0.6 is 0 Å². The fraction of sp³-hybridized carbons (Fsp3) is 0.400. The number of hydrogen-bond donors (Lipinski definition) is 2. The first-order chi connectivity index (χ1) is 9.24. The van der Waals surface area contributed by atoms with Gasteiger partial charge in [0.2, 0.25) is 5.91 Å². The SMILES string of the molecule is CC(=O)NCCc1cc2c3c(ccc2[nH]1)OCCC3. The van der Waals surface area contributed by atoms with Gasteiger partial charge in [0.25, 0.3) is 0 Å². The lowest BCUT2D eigenvalue weighted by molar-refractivity contribution is -0.118. The molecule has 0 radical (unpaired) electrons. The zero-order valence-electron chi connectivity index (χ0n) is 11.1. The summed E-state index contributed by atoms with van der Waals surface area (Å²) in [5.74, 6) is 1.04. The summed E-state index contributed by atoms with van der Waals surface area (Å²) in [6, 6.07) is 6.30. The quantitative estimate of drug-likeness (QED) is 0.886. The van der Waals surface area contributed by atoms with Crippen molar-refractivity contribution in [1.29, 1.82) is 0 Å². The first-order valence-corrected chi connectivity index (χ1v) is 6.75. The van der Waals surface area contributed by atoms with Gasteiger partial charge in [-0.1, -0.05) is 0 Å². The Kier molecular flexibility index (Phi) is 3.15. The van der Waals surface area contributed by atoms with Crippen molar-refractivity contribution in [2.24, 2.45) is 0 Å². The van der Waals surface area contributed by atoms with Gasteiger partial charge in [0, 0.05) is 42.0 Å². The number of carbonyl (C=O) groups excluding carboxylic acids is 1. The average Bonchev–Trinajstić information content (AvgIpc) is 2.81. The highest BCUT2D eigenvalue weighted by Gasteiger charge is 2.14. The molecule has 1 aromatic heterocycles. The number of carbonyl (C=O) groups is 1. The third-order valence-electron chi connectivity index (χ3n) is 3.52. The van der Waals surface area contributed by atoms with Crippen molar-refractivity contribution >= 4 is 16.8 Å². The van der Waals surface area contributed by atoms with E-state index in [9.17, 15) is 4.79 Å². The zero-order chi connectivity index (χ0) is 13.2. The minimum absolute atomic E-state index is 0.0156.